The molecule has 5 nitrogen and oxygen atoms in total. The number of anilines is 1. The Bertz CT molecular complexity index is 444. The van der Waals surface area contributed by atoms with Crippen LogP contribution >= 0.6 is 0 Å². The Morgan fingerprint density at radius 1 is 1.40 bits per heavy atom. The van der Waals surface area contributed by atoms with Crippen molar-refractivity contribution in [1.82, 2.24) is 15.1 Å². The van der Waals surface area contributed by atoms with Crippen LogP contribution in [0, 0.1) is 0 Å². The van der Waals surface area contributed by atoms with Gasteiger partial charge in [-0.3, -0.25) is 4.79 Å². The minimum Gasteiger partial charge on any atom is -0.373 e. The molecule has 0 aliphatic rings. The number of aryl methyl sites for hydroxylation is 1. The van der Waals surface area contributed by atoms with Crippen molar-refractivity contribution in [3.05, 3.63) is 22.6 Å². The minimum atomic E-state index is -0.0145. The molecule has 0 radical (unpaired) electrons. The summed E-state index contributed by atoms with van der Waals surface area (Å²) in [6.07, 6.45) is 4.94. The molecular weight excluding hydrogens is 252 g/mol. The summed E-state index contributed by atoms with van der Waals surface area (Å²) in [6, 6.07) is 2.21. The highest BCUT2D eigenvalue weighted by Crippen LogP contribution is 2.07. The predicted molar refractivity (Wildman–Crippen MR) is 84.4 cm³/mol. The summed E-state index contributed by atoms with van der Waals surface area (Å²) < 4.78 is 1.56. The molecule has 20 heavy (non-hydrogen) atoms. The molecule has 0 spiro atoms. The second-order valence-corrected chi connectivity index (χ2v) is 5.09. The maximum absolute atomic E-state index is 12.0. The Morgan fingerprint density at radius 3 is 2.70 bits per heavy atom. The smallest absolute Gasteiger partial charge is 0.268 e. The van der Waals surface area contributed by atoms with E-state index < -0.39 is 0 Å². The van der Waals surface area contributed by atoms with Crippen LogP contribution in [0.3, 0.4) is 0 Å². The van der Waals surface area contributed by atoms with E-state index in [1.807, 2.05) is 11.9 Å². The molecule has 0 saturated carbocycles. The van der Waals surface area contributed by atoms with Crippen LogP contribution < -0.4 is 15.8 Å². The quantitative estimate of drug-likeness (QED) is 0.750. The molecule has 1 unspecified atom stereocenters. The highest BCUT2D eigenvalue weighted by Gasteiger charge is 2.06. The molecule has 0 saturated heterocycles. The van der Waals surface area contributed by atoms with Gasteiger partial charge in [-0.25, -0.2) is 4.68 Å². The second-order valence-electron chi connectivity index (χ2n) is 5.09. The summed E-state index contributed by atoms with van der Waals surface area (Å²) in [7, 11) is 1.96. The van der Waals surface area contributed by atoms with Gasteiger partial charge in [-0.15, -0.1) is 0 Å². The van der Waals surface area contributed by atoms with Crippen LogP contribution in [0.15, 0.2) is 17.1 Å². The Kier molecular flexibility index (Phi) is 7.30. The van der Waals surface area contributed by atoms with E-state index in [9.17, 15) is 4.79 Å². The average molecular weight is 280 g/mol. The molecule has 5 heteroatoms. The molecule has 0 aromatic carbocycles. The van der Waals surface area contributed by atoms with Crippen molar-refractivity contribution in [2.24, 2.45) is 0 Å². The first kappa shape index (κ1) is 16.7. The van der Waals surface area contributed by atoms with E-state index in [1.165, 1.54) is 0 Å². The van der Waals surface area contributed by atoms with Crippen LogP contribution in [0.25, 0.3) is 0 Å². The third-order valence-corrected chi connectivity index (χ3v) is 3.68. The van der Waals surface area contributed by atoms with E-state index in [0.717, 1.165) is 38.0 Å². The largest absolute Gasteiger partial charge is 0.373 e. The molecule has 1 rings (SSSR count). The van der Waals surface area contributed by atoms with Gasteiger partial charge in [-0.1, -0.05) is 13.8 Å². The van der Waals surface area contributed by atoms with E-state index in [4.69, 9.17) is 0 Å². The average Bonchev–Trinajstić information content (AvgIpc) is 2.46. The summed E-state index contributed by atoms with van der Waals surface area (Å²) >= 11 is 0. The molecule has 114 valence electrons. The fourth-order valence-corrected chi connectivity index (χ4v) is 2.21. The first-order valence-electron chi connectivity index (χ1n) is 7.64. The fourth-order valence-electron chi connectivity index (χ4n) is 2.21. The van der Waals surface area contributed by atoms with Gasteiger partial charge in [0.05, 0.1) is 11.9 Å². The number of rotatable bonds is 9. The first-order valence-corrected chi connectivity index (χ1v) is 7.64. The van der Waals surface area contributed by atoms with Gasteiger partial charge in [0.25, 0.3) is 5.56 Å². The van der Waals surface area contributed by atoms with Crippen molar-refractivity contribution < 1.29 is 0 Å². The minimum absolute atomic E-state index is 0.0145. The van der Waals surface area contributed by atoms with Crippen molar-refractivity contribution in [3.8, 4) is 0 Å². The molecule has 1 heterocycles. The normalized spacial score (nSPS) is 12.4. The first-order chi connectivity index (χ1) is 9.62. The Labute approximate surface area is 122 Å². The SMILES string of the molecule is CCNC(CC)CCCn1ncc(N(C)CC)cc1=O. The van der Waals surface area contributed by atoms with Gasteiger partial charge in [0.2, 0.25) is 0 Å². The van der Waals surface area contributed by atoms with Crippen molar-refractivity contribution in [1.29, 1.82) is 0 Å². The molecule has 0 aliphatic carbocycles. The second kappa shape index (κ2) is 8.74. The number of nitrogens with one attached hydrogen (secondary N) is 1. The molecule has 0 bridgehead atoms. The monoisotopic (exact) mass is 280 g/mol. The molecular formula is C15H28N4O. The van der Waals surface area contributed by atoms with Gasteiger partial charge in [0.1, 0.15) is 0 Å². The summed E-state index contributed by atoms with van der Waals surface area (Å²) in [5.74, 6) is 0. The molecule has 1 atom stereocenters. The number of hydrogen-bond acceptors (Lipinski definition) is 4. The highest BCUT2D eigenvalue weighted by atomic mass is 16.1. The lowest BCUT2D eigenvalue weighted by molar-refractivity contribution is 0.433. The van der Waals surface area contributed by atoms with Gasteiger partial charge in [0, 0.05) is 32.2 Å². The summed E-state index contributed by atoms with van der Waals surface area (Å²) in [6.45, 7) is 8.92. The van der Waals surface area contributed by atoms with Crippen LogP contribution in [0.1, 0.15) is 40.0 Å². The van der Waals surface area contributed by atoms with Gasteiger partial charge in [-0.2, -0.15) is 5.10 Å². The van der Waals surface area contributed by atoms with Crippen LogP contribution in [0.5, 0.6) is 0 Å². The molecule has 0 amide bonds. The predicted octanol–water partition coefficient (Wildman–Crippen LogP) is 1.87. The summed E-state index contributed by atoms with van der Waals surface area (Å²) in [4.78, 5) is 14.0. The van der Waals surface area contributed by atoms with Crippen LogP contribution in [0.2, 0.25) is 0 Å². The number of hydrogen-bond donors (Lipinski definition) is 1. The number of aromatic nitrogens is 2. The zero-order valence-electron chi connectivity index (χ0n) is 13.2. The van der Waals surface area contributed by atoms with Crippen LogP contribution in [0.4, 0.5) is 5.69 Å². The van der Waals surface area contributed by atoms with E-state index in [2.05, 4.69) is 31.2 Å². The van der Waals surface area contributed by atoms with Gasteiger partial charge >= 0.3 is 0 Å². The van der Waals surface area contributed by atoms with E-state index in [-0.39, 0.29) is 5.56 Å². The molecule has 1 aromatic heterocycles. The zero-order chi connectivity index (χ0) is 15.0. The fraction of sp³-hybridized carbons (Fsp3) is 0.733. The van der Waals surface area contributed by atoms with E-state index in [1.54, 1.807) is 16.9 Å². The van der Waals surface area contributed by atoms with Gasteiger partial charge < -0.3 is 10.2 Å². The lowest BCUT2D eigenvalue weighted by Crippen LogP contribution is -2.29. The third-order valence-electron chi connectivity index (χ3n) is 3.68. The molecule has 1 aromatic rings. The molecule has 1 N–H and O–H groups in total. The maximum atomic E-state index is 12.0. The number of nitrogens with zero attached hydrogens (tertiary/aromatic N) is 3. The van der Waals surface area contributed by atoms with Crippen molar-refractivity contribution in [2.75, 3.05) is 25.0 Å². The summed E-state index contributed by atoms with van der Waals surface area (Å²) in [5.41, 5.74) is 0.868. The van der Waals surface area contributed by atoms with Crippen LogP contribution in [-0.2, 0) is 6.54 Å². The Morgan fingerprint density at radius 2 is 2.15 bits per heavy atom. The topological polar surface area (TPSA) is 50.2 Å². The Hall–Kier alpha value is -1.36. The lowest BCUT2D eigenvalue weighted by atomic mass is 10.1. The van der Waals surface area contributed by atoms with Gasteiger partial charge in [-0.05, 0) is 32.7 Å². The van der Waals surface area contributed by atoms with E-state index in [0.29, 0.717) is 12.6 Å². The lowest BCUT2D eigenvalue weighted by Gasteiger charge is -2.17. The standard InChI is InChI=1S/C15H28N4O/c1-5-13(16-6-2)9-8-10-19-15(20)11-14(12-17-19)18(4)7-3/h11-13,16H,5-10H2,1-4H3. The van der Waals surface area contributed by atoms with Crippen LogP contribution in [-0.4, -0.2) is 36.0 Å². The maximum Gasteiger partial charge on any atom is 0.268 e. The highest BCUT2D eigenvalue weighted by molar-refractivity contribution is 5.41. The molecule has 0 aliphatic heterocycles. The molecule has 0 fully saturated rings. The summed E-state index contributed by atoms with van der Waals surface area (Å²) in [5, 5.41) is 7.71. The third kappa shape index (κ3) is 4.96. The Balaban J connectivity index is 2.54. The van der Waals surface area contributed by atoms with E-state index >= 15 is 0 Å². The van der Waals surface area contributed by atoms with Crippen molar-refractivity contribution >= 4 is 5.69 Å². The van der Waals surface area contributed by atoms with Crippen molar-refractivity contribution in [2.45, 2.75) is 52.6 Å². The van der Waals surface area contributed by atoms with Gasteiger partial charge in [0.15, 0.2) is 0 Å². The zero-order valence-corrected chi connectivity index (χ0v) is 13.2. The van der Waals surface area contributed by atoms with Crippen molar-refractivity contribution in [3.63, 3.8) is 0 Å².